The van der Waals surface area contributed by atoms with Crippen LogP contribution < -0.4 is 5.32 Å². The van der Waals surface area contributed by atoms with Gasteiger partial charge in [0.25, 0.3) is 0 Å². The van der Waals surface area contributed by atoms with E-state index in [1.54, 1.807) is 0 Å². The Hall–Kier alpha value is -0.220. The van der Waals surface area contributed by atoms with Gasteiger partial charge in [0.2, 0.25) is 0 Å². The van der Waals surface area contributed by atoms with Gasteiger partial charge in [-0.05, 0) is 38.3 Å². The highest BCUT2D eigenvalue weighted by Gasteiger charge is 2.20. The molecule has 1 atom stereocenters. The molecule has 0 bridgehead atoms. The summed E-state index contributed by atoms with van der Waals surface area (Å²) in [5.74, 6) is 0.784. The molecule has 17 heavy (non-hydrogen) atoms. The fourth-order valence-corrected chi connectivity index (χ4v) is 3.77. The van der Waals surface area contributed by atoms with Gasteiger partial charge in [-0.25, -0.2) is 0 Å². The van der Waals surface area contributed by atoms with Gasteiger partial charge in [-0.1, -0.05) is 25.6 Å². The van der Waals surface area contributed by atoms with E-state index in [1.165, 1.54) is 44.1 Å². The number of aliphatic imine (C=N–C) groups is 1. The van der Waals surface area contributed by atoms with Crippen molar-refractivity contribution < 1.29 is 0 Å². The van der Waals surface area contributed by atoms with Crippen molar-refractivity contribution in [1.82, 2.24) is 10.2 Å². The molecule has 2 rings (SSSR count). The molecule has 2 aliphatic heterocycles. The average Bonchev–Trinajstić information content (AvgIpc) is 2.89. The normalized spacial score (nSPS) is 25.6. The predicted molar refractivity (Wildman–Crippen MR) is 76.8 cm³/mol. The summed E-state index contributed by atoms with van der Waals surface area (Å²) in [4.78, 5) is 7.12. The quantitative estimate of drug-likeness (QED) is 0.816. The summed E-state index contributed by atoms with van der Waals surface area (Å²) in [7, 11) is 0. The number of amidine groups is 1. The molecule has 0 saturated carbocycles. The van der Waals surface area contributed by atoms with Crippen molar-refractivity contribution in [1.29, 1.82) is 0 Å². The SMILES string of the molecule is CC(C)CC1CN=C(NCCN2CCCC2)S1. The minimum absolute atomic E-state index is 0.712. The lowest BCUT2D eigenvalue weighted by atomic mass is 10.1. The van der Waals surface area contributed by atoms with Crippen LogP contribution in [0.25, 0.3) is 0 Å². The molecule has 3 nitrogen and oxygen atoms in total. The predicted octanol–water partition coefficient (Wildman–Crippen LogP) is 2.19. The van der Waals surface area contributed by atoms with Crippen molar-refractivity contribution in [2.45, 2.75) is 38.4 Å². The van der Waals surface area contributed by atoms with Gasteiger partial charge >= 0.3 is 0 Å². The first-order valence-electron chi connectivity index (χ1n) is 6.91. The minimum Gasteiger partial charge on any atom is -0.364 e. The molecule has 4 heteroatoms. The van der Waals surface area contributed by atoms with Gasteiger partial charge in [0.1, 0.15) is 0 Å². The van der Waals surface area contributed by atoms with Crippen LogP contribution in [0.15, 0.2) is 4.99 Å². The van der Waals surface area contributed by atoms with E-state index < -0.39 is 0 Å². The Balaban J connectivity index is 1.57. The molecule has 0 amide bonds. The highest BCUT2D eigenvalue weighted by molar-refractivity contribution is 8.14. The van der Waals surface area contributed by atoms with Crippen LogP contribution >= 0.6 is 11.8 Å². The minimum atomic E-state index is 0.712. The van der Waals surface area contributed by atoms with Crippen molar-refractivity contribution >= 4 is 16.9 Å². The molecule has 98 valence electrons. The molecule has 1 N–H and O–H groups in total. The Morgan fingerprint density at radius 3 is 2.88 bits per heavy atom. The first kappa shape index (κ1) is 13.2. The average molecular weight is 255 g/mol. The topological polar surface area (TPSA) is 27.6 Å². The molecule has 2 heterocycles. The van der Waals surface area contributed by atoms with Crippen LogP contribution in [0.1, 0.15) is 33.1 Å². The summed E-state index contributed by atoms with van der Waals surface area (Å²) in [6, 6.07) is 0. The molecular formula is C13H25N3S. The molecule has 1 fully saturated rings. The molecule has 1 unspecified atom stereocenters. The Bertz CT molecular complexity index is 259. The molecule has 1 saturated heterocycles. The van der Waals surface area contributed by atoms with Crippen LogP contribution in [0, 0.1) is 5.92 Å². The molecule has 0 radical (unpaired) electrons. The number of nitrogens with one attached hydrogen (secondary N) is 1. The third-order valence-electron chi connectivity index (χ3n) is 3.35. The second kappa shape index (κ2) is 6.64. The van der Waals surface area contributed by atoms with Crippen molar-refractivity contribution in [3.05, 3.63) is 0 Å². The van der Waals surface area contributed by atoms with Gasteiger partial charge in [-0.15, -0.1) is 0 Å². The van der Waals surface area contributed by atoms with Crippen LogP contribution in [0.3, 0.4) is 0 Å². The molecule has 0 aliphatic carbocycles. The van der Waals surface area contributed by atoms with Gasteiger partial charge in [0, 0.05) is 18.3 Å². The summed E-state index contributed by atoms with van der Waals surface area (Å²) >= 11 is 1.94. The second-order valence-electron chi connectivity index (χ2n) is 5.49. The number of hydrogen-bond donors (Lipinski definition) is 1. The summed E-state index contributed by atoms with van der Waals surface area (Å²) in [5, 5.41) is 5.37. The van der Waals surface area contributed by atoms with Gasteiger partial charge < -0.3 is 10.2 Å². The van der Waals surface area contributed by atoms with Crippen molar-refractivity contribution in [3.8, 4) is 0 Å². The first-order valence-corrected chi connectivity index (χ1v) is 7.79. The maximum atomic E-state index is 4.58. The highest BCUT2D eigenvalue weighted by Crippen LogP contribution is 2.25. The molecule has 2 aliphatic rings. The molecular weight excluding hydrogens is 230 g/mol. The number of thioether (sulfide) groups is 1. The summed E-state index contributed by atoms with van der Waals surface area (Å²) in [6.07, 6.45) is 4.05. The third kappa shape index (κ3) is 4.51. The van der Waals surface area contributed by atoms with Crippen LogP contribution in [0.5, 0.6) is 0 Å². The van der Waals surface area contributed by atoms with E-state index in [2.05, 4.69) is 29.1 Å². The Morgan fingerprint density at radius 2 is 2.18 bits per heavy atom. The Kier molecular flexibility index (Phi) is 5.16. The maximum Gasteiger partial charge on any atom is 0.156 e. The third-order valence-corrected chi connectivity index (χ3v) is 4.53. The lowest BCUT2D eigenvalue weighted by Gasteiger charge is -2.15. The Labute approximate surface area is 109 Å². The van der Waals surface area contributed by atoms with E-state index in [-0.39, 0.29) is 0 Å². The fraction of sp³-hybridized carbons (Fsp3) is 0.923. The van der Waals surface area contributed by atoms with E-state index in [4.69, 9.17) is 0 Å². The second-order valence-corrected chi connectivity index (χ2v) is 6.78. The zero-order valence-electron chi connectivity index (χ0n) is 11.1. The number of hydrogen-bond acceptors (Lipinski definition) is 4. The lowest BCUT2D eigenvalue weighted by Crippen LogP contribution is -2.32. The summed E-state index contributed by atoms with van der Waals surface area (Å²) < 4.78 is 0. The molecule has 0 aromatic rings. The zero-order valence-corrected chi connectivity index (χ0v) is 11.9. The maximum absolute atomic E-state index is 4.58. The van der Waals surface area contributed by atoms with E-state index in [0.717, 1.165) is 19.0 Å². The molecule has 0 aromatic heterocycles. The van der Waals surface area contributed by atoms with Crippen molar-refractivity contribution in [2.75, 3.05) is 32.7 Å². The molecule has 0 spiro atoms. The van der Waals surface area contributed by atoms with Crippen molar-refractivity contribution in [2.24, 2.45) is 10.9 Å². The van der Waals surface area contributed by atoms with E-state index in [1.807, 2.05) is 11.8 Å². The number of nitrogens with zero attached hydrogens (tertiary/aromatic N) is 2. The lowest BCUT2D eigenvalue weighted by molar-refractivity contribution is 0.344. The monoisotopic (exact) mass is 255 g/mol. The fourth-order valence-electron chi connectivity index (χ4n) is 2.49. The summed E-state index contributed by atoms with van der Waals surface area (Å²) in [5.41, 5.74) is 0. The highest BCUT2D eigenvalue weighted by atomic mass is 32.2. The van der Waals surface area contributed by atoms with E-state index >= 15 is 0 Å². The van der Waals surface area contributed by atoms with Crippen LogP contribution in [-0.4, -0.2) is 48.0 Å². The van der Waals surface area contributed by atoms with Gasteiger partial charge in [0.15, 0.2) is 5.17 Å². The van der Waals surface area contributed by atoms with Gasteiger partial charge in [-0.3, -0.25) is 4.99 Å². The van der Waals surface area contributed by atoms with Crippen LogP contribution in [0.4, 0.5) is 0 Å². The van der Waals surface area contributed by atoms with Gasteiger partial charge in [-0.2, -0.15) is 0 Å². The smallest absolute Gasteiger partial charge is 0.156 e. The zero-order chi connectivity index (χ0) is 12.1. The number of likely N-dealkylation sites (tertiary alicyclic amines) is 1. The first-order chi connectivity index (χ1) is 8.24. The molecule has 0 aromatic carbocycles. The van der Waals surface area contributed by atoms with Gasteiger partial charge in [0.05, 0.1) is 6.54 Å². The standard InChI is InChI=1S/C13H25N3S/c1-11(2)9-12-10-15-13(17-12)14-5-8-16-6-3-4-7-16/h11-12H,3-10H2,1-2H3,(H,14,15). The van der Waals surface area contributed by atoms with Crippen molar-refractivity contribution in [3.63, 3.8) is 0 Å². The largest absolute Gasteiger partial charge is 0.364 e. The van der Waals surface area contributed by atoms with Crippen LogP contribution in [0.2, 0.25) is 0 Å². The van der Waals surface area contributed by atoms with E-state index in [9.17, 15) is 0 Å². The Morgan fingerprint density at radius 1 is 1.41 bits per heavy atom. The summed E-state index contributed by atoms with van der Waals surface area (Å²) in [6.45, 7) is 10.4. The number of rotatable bonds is 5. The van der Waals surface area contributed by atoms with E-state index in [0.29, 0.717) is 5.25 Å². The van der Waals surface area contributed by atoms with Crippen LogP contribution in [-0.2, 0) is 0 Å².